The van der Waals surface area contributed by atoms with Crippen LogP contribution in [0.3, 0.4) is 0 Å². The van der Waals surface area contributed by atoms with Gasteiger partial charge in [-0.15, -0.1) is 0 Å². The van der Waals surface area contributed by atoms with Crippen LogP contribution in [0.25, 0.3) is 0 Å². The van der Waals surface area contributed by atoms with E-state index in [0.717, 1.165) is 18.7 Å². The molecule has 0 fully saturated rings. The number of halogens is 1. The maximum absolute atomic E-state index is 12.6. The monoisotopic (exact) mass is 425 g/mol. The highest BCUT2D eigenvalue weighted by atomic mass is 35.5. The maximum Gasteiger partial charge on any atom is 0.254 e. The fourth-order valence-corrected chi connectivity index (χ4v) is 2.49. The molecule has 0 aromatic carbocycles. The van der Waals surface area contributed by atoms with Crippen molar-refractivity contribution >= 4 is 17.5 Å². The molecule has 29 heavy (non-hydrogen) atoms. The summed E-state index contributed by atoms with van der Waals surface area (Å²) in [5, 5.41) is 6.38. The first kappa shape index (κ1) is 24.5. The third kappa shape index (κ3) is 7.80. The molecular weight excluding hydrogens is 398 g/mol. The Morgan fingerprint density at radius 3 is 2.55 bits per heavy atom. The minimum absolute atomic E-state index is 0. The fourth-order valence-electron chi connectivity index (χ4n) is 2.49. The number of hydrogen-bond donors (Lipinski definition) is 2. The lowest BCUT2D eigenvalue weighted by molar-refractivity contribution is -0.123. The van der Waals surface area contributed by atoms with E-state index in [2.05, 4.69) is 20.0 Å². The van der Waals surface area contributed by atoms with Gasteiger partial charge in [-0.1, -0.05) is 0 Å². The predicted octanol–water partition coefficient (Wildman–Crippen LogP) is -1.85. The molecule has 2 aromatic heterocycles. The van der Waals surface area contributed by atoms with E-state index in [-0.39, 0.29) is 36.6 Å². The zero-order chi connectivity index (χ0) is 20.6. The standard InChI is InChI=1S/C19H27N5O4.ClH/c1-24(2,3)17-8-7-14(12-21-17)19(26)22-15(6-4-5-10-20)16(25)13-27-18-9-11-28-23-18;/h7-9,11-12,15H,4-6,10,13,20H2,1-3H3;1H. The van der Waals surface area contributed by atoms with Crippen molar-refractivity contribution in [1.29, 1.82) is 0 Å². The van der Waals surface area contributed by atoms with Crippen LogP contribution in [-0.4, -0.2) is 62.2 Å². The molecule has 3 N–H and O–H groups in total. The topological polar surface area (TPSA) is 120 Å². The van der Waals surface area contributed by atoms with Crippen LogP contribution in [0, 0.1) is 0 Å². The largest absolute Gasteiger partial charge is 1.00 e. The second kappa shape index (κ2) is 11.5. The third-order valence-corrected chi connectivity index (χ3v) is 4.11. The van der Waals surface area contributed by atoms with Gasteiger partial charge in [-0.05, 0) is 37.0 Å². The number of nitrogens with one attached hydrogen (secondary N) is 1. The van der Waals surface area contributed by atoms with Crippen LogP contribution in [0.4, 0.5) is 5.82 Å². The van der Waals surface area contributed by atoms with Crippen molar-refractivity contribution in [3.8, 4) is 5.88 Å². The number of Topliss-reactive ketones (excluding diaryl/α,β-unsaturated/α-hetero) is 1. The zero-order valence-corrected chi connectivity index (χ0v) is 17.7. The average molecular weight is 426 g/mol. The number of ketones is 1. The van der Waals surface area contributed by atoms with Crippen LogP contribution in [0.1, 0.15) is 29.6 Å². The summed E-state index contributed by atoms with van der Waals surface area (Å²) >= 11 is 0. The second-order valence-corrected chi connectivity index (χ2v) is 7.32. The number of nitrogens with two attached hydrogens (primary N) is 1. The van der Waals surface area contributed by atoms with E-state index in [9.17, 15) is 9.59 Å². The van der Waals surface area contributed by atoms with Crippen molar-refractivity contribution in [3.05, 3.63) is 36.2 Å². The van der Waals surface area contributed by atoms with Crippen LogP contribution >= 0.6 is 0 Å². The highest BCUT2D eigenvalue weighted by Gasteiger charge is 2.23. The SMILES string of the molecule is C[N+](C)(C)c1ccc(C(=O)NC(CCCCN)C(=O)COc2ccon2)cn1.[Cl-]. The minimum atomic E-state index is -0.677. The molecule has 0 bridgehead atoms. The van der Waals surface area contributed by atoms with Gasteiger partial charge in [-0.25, -0.2) is 4.98 Å². The quantitative estimate of drug-likeness (QED) is 0.320. The smallest absolute Gasteiger partial charge is 0.254 e. The van der Waals surface area contributed by atoms with Crippen molar-refractivity contribution in [2.75, 3.05) is 34.3 Å². The molecule has 0 spiro atoms. The second-order valence-electron chi connectivity index (χ2n) is 7.32. The molecule has 9 nitrogen and oxygen atoms in total. The van der Waals surface area contributed by atoms with Crippen molar-refractivity contribution in [2.45, 2.75) is 25.3 Å². The van der Waals surface area contributed by atoms with Gasteiger partial charge in [0.2, 0.25) is 5.82 Å². The molecule has 1 atom stereocenters. The summed E-state index contributed by atoms with van der Waals surface area (Å²) in [6.07, 6.45) is 4.84. The Morgan fingerprint density at radius 1 is 1.24 bits per heavy atom. The molecule has 0 aliphatic rings. The summed E-state index contributed by atoms with van der Waals surface area (Å²) in [5.41, 5.74) is 5.92. The maximum atomic E-state index is 12.6. The Morgan fingerprint density at radius 2 is 2.00 bits per heavy atom. The summed E-state index contributed by atoms with van der Waals surface area (Å²) in [7, 11) is 5.97. The van der Waals surface area contributed by atoms with Crippen LogP contribution in [0.5, 0.6) is 5.88 Å². The first-order chi connectivity index (χ1) is 13.3. The first-order valence-corrected chi connectivity index (χ1v) is 9.16. The number of amides is 1. The lowest BCUT2D eigenvalue weighted by Gasteiger charge is -2.22. The van der Waals surface area contributed by atoms with E-state index in [1.54, 1.807) is 12.1 Å². The molecule has 1 amide bonds. The lowest BCUT2D eigenvalue weighted by Crippen LogP contribution is -3.00. The number of unbranched alkanes of at least 4 members (excludes halogenated alkanes) is 1. The van der Waals surface area contributed by atoms with Gasteiger partial charge in [-0.2, -0.15) is 0 Å². The predicted molar refractivity (Wildman–Crippen MR) is 105 cm³/mol. The number of hydrogen-bond acceptors (Lipinski definition) is 7. The number of rotatable bonds is 11. The number of quaternary nitrogens is 1. The van der Waals surface area contributed by atoms with E-state index in [1.165, 1.54) is 18.5 Å². The first-order valence-electron chi connectivity index (χ1n) is 9.16. The molecule has 1 unspecified atom stereocenters. The number of ether oxygens (including phenoxy) is 1. The van der Waals surface area contributed by atoms with Crippen LogP contribution in [-0.2, 0) is 4.79 Å². The van der Waals surface area contributed by atoms with Gasteiger partial charge < -0.3 is 32.7 Å². The molecule has 0 saturated carbocycles. The molecule has 2 aromatic rings. The fraction of sp³-hybridized carbons (Fsp3) is 0.474. The molecule has 10 heteroatoms. The molecular formula is C19H28ClN5O4. The van der Waals surface area contributed by atoms with Gasteiger partial charge in [0.1, 0.15) is 6.26 Å². The molecule has 0 aliphatic heterocycles. The number of carbonyl (C=O) groups is 2. The molecule has 2 rings (SSSR count). The Kier molecular flexibility index (Phi) is 9.73. The summed E-state index contributed by atoms with van der Waals surface area (Å²) in [6.45, 7) is 0.319. The average Bonchev–Trinajstić information content (AvgIpc) is 3.18. The van der Waals surface area contributed by atoms with E-state index in [1.807, 2.05) is 21.1 Å². The van der Waals surface area contributed by atoms with Gasteiger partial charge in [0.05, 0.1) is 32.7 Å². The molecule has 0 saturated heterocycles. The van der Waals surface area contributed by atoms with Gasteiger partial charge in [0.15, 0.2) is 12.4 Å². The number of aromatic nitrogens is 2. The van der Waals surface area contributed by atoms with Crippen LogP contribution < -0.4 is 32.7 Å². The van der Waals surface area contributed by atoms with E-state index < -0.39 is 6.04 Å². The minimum Gasteiger partial charge on any atom is -1.00 e. The summed E-state index contributed by atoms with van der Waals surface area (Å²) < 4.78 is 10.5. The Bertz CT molecular complexity index is 760. The lowest BCUT2D eigenvalue weighted by atomic mass is 10.0. The Balaban J connectivity index is 0.00000420. The van der Waals surface area contributed by atoms with Crippen molar-refractivity contribution < 1.29 is 31.3 Å². The Labute approximate surface area is 176 Å². The number of carbonyl (C=O) groups excluding carboxylic acids is 2. The normalized spacial score (nSPS) is 12.0. The van der Waals surface area contributed by atoms with E-state index in [4.69, 9.17) is 10.5 Å². The van der Waals surface area contributed by atoms with E-state index >= 15 is 0 Å². The number of nitrogens with zero attached hydrogens (tertiary/aromatic N) is 3. The van der Waals surface area contributed by atoms with Crippen molar-refractivity contribution in [3.63, 3.8) is 0 Å². The number of pyridine rings is 1. The highest BCUT2D eigenvalue weighted by Crippen LogP contribution is 2.14. The zero-order valence-electron chi connectivity index (χ0n) is 16.9. The van der Waals surface area contributed by atoms with Gasteiger partial charge in [0.25, 0.3) is 11.8 Å². The van der Waals surface area contributed by atoms with Gasteiger partial charge in [-0.3, -0.25) is 14.1 Å². The Hall–Kier alpha value is -2.49. The third-order valence-electron chi connectivity index (χ3n) is 4.11. The summed E-state index contributed by atoms with van der Waals surface area (Å²) in [4.78, 5) is 29.5. The van der Waals surface area contributed by atoms with Gasteiger partial charge in [0, 0.05) is 18.3 Å². The van der Waals surface area contributed by atoms with Crippen LogP contribution in [0.2, 0.25) is 0 Å². The summed E-state index contributed by atoms with van der Waals surface area (Å²) in [5.74, 6) is 0.450. The highest BCUT2D eigenvalue weighted by molar-refractivity contribution is 5.98. The van der Waals surface area contributed by atoms with Crippen molar-refractivity contribution in [2.24, 2.45) is 5.73 Å². The van der Waals surface area contributed by atoms with E-state index in [0.29, 0.717) is 23.0 Å². The molecule has 2 heterocycles. The molecule has 0 radical (unpaired) electrons. The summed E-state index contributed by atoms with van der Waals surface area (Å²) in [6, 6.07) is 4.34. The molecule has 0 aliphatic carbocycles. The van der Waals surface area contributed by atoms with Crippen LogP contribution in [0.15, 0.2) is 35.2 Å². The van der Waals surface area contributed by atoms with Crippen molar-refractivity contribution in [1.82, 2.24) is 19.9 Å². The van der Waals surface area contributed by atoms with Gasteiger partial charge >= 0.3 is 0 Å². The molecule has 160 valence electrons.